The molecular weight excluding hydrogens is 182 g/mol. The van der Waals surface area contributed by atoms with Gasteiger partial charge in [-0.05, 0) is 18.2 Å². The van der Waals surface area contributed by atoms with E-state index in [0.717, 1.165) is 5.52 Å². The summed E-state index contributed by atoms with van der Waals surface area (Å²) in [6, 6.07) is 5.17. The molecule has 1 heterocycles. The number of fused-ring (bicyclic) bond motifs is 1. The van der Waals surface area contributed by atoms with Crippen molar-refractivity contribution in [2.45, 2.75) is 6.92 Å². The summed E-state index contributed by atoms with van der Waals surface area (Å²) >= 11 is 0. The van der Waals surface area contributed by atoms with Crippen molar-refractivity contribution in [1.82, 2.24) is 4.98 Å². The van der Waals surface area contributed by atoms with Gasteiger partial charge in [0, 0.05) is 12.5 Å². The molecule has 2 aromatic rings. The Morgan fingerprint density at radius 3 is 3.07 bits per heavy atom. The lowest BCUT2D eigenvalue weighted by Crippen LogP contribution is -2.12. The van der Waals surface area contributed by atoms with E-state index < -0.39 is 0 Å². The van der Waals surface area contributed by atoms with Gasteiger partial charge >= 0.3 is 0 Å². The highest BCUT2D eigenvalue weighted by atomic mass is 16.4. The summed E-state index contributed by atoms with van der Waals surface area (Å²) in [5.74, 6) is 0.651. The van der Waals surface area contributed by atoms with Gasteiger partial charge in [0.15, 0.2) is 17.3 Å². The molecule has 14 heavy (non-hydrogen) atoms. The maximum absolute atomic E-state index is 8.48. The average molecular weight is 191 g/mol. The van der Waals surface area contributed by atoms with Gasteiger partial charge in [-0.25, -0.2) is 4.98 Å². The van der Waals surface area contributed by atoms with Gasteiger partial charge < -0.3 is 15.4 Å². The van der Waals surface area contributed by atoms with E-state index in [2.05, 4.69) is 10.1 Å². The Labute approximate surface area is 79.8 Å². The maximum atomic E-state index is 8.48. The number of aryl methyl sites for hydroxylation is 1. The minimum absolute atomic E-state index is 0.0564. The number of nitrogens with two attached hydrogens (primary N) is 1. The zero-order valence-electron chi connectivity index (χ0n) is 7.56. The number of hydrogen-bond acceptors (Lipinski definition) is 4. The minimum atomic E-state index is 0.0564. The molecule has 0 saturated carbocycles. The summed E-state index contributed by atoms with van der Waals surface area (Å²) in [4.78, 5) is 4.13. The van der Waals surface area contributed by atoms with Crippen molar-refractivity contribution in [3.8, 4) is 0 Å². The molecule has 0 bridgehead atoms. The van der Waals surface area contributed by atoms with Crippen LogP contribution in [0.5, 0.6) is 0 Å². The molecule has 3 N–H and O–H groups in total. The van der Waals surface area contributed by atoms with Gasteiger partial charge in [-0.2, -0.15) is 0 Å². The first-order valence-corrected chi connectivity index (χ1v) is 4.06. The normalized spacial score (nSPS) is 12.2. The third kappa shape index (κ3) is 1.28. The zero-order valence-corrected chi connectivity index (χ0v) is 7.56. The molecule has 1 aromatic heterocycles. The highest BCUT2D eigenvalue weighted by Gasteiger charge is 2.05. The second kappa shape index (κ2) is 3.02. The van der Waals surface area contributed by atoms with Gasteiger partial charge in [0.05, 0.1) is 0 Å². The molecule has 1 aromatic carbocycles. The van der Waals surface area contributed by atoms with Crippen LogP contribution >= 0.6 is 0 Å². The van der Waals surface area contributed by atoms with Gasteiger partial charge in [0.1, 0.15) is 5.52 Å². The molecule has 0 atom stereocenters. The van der Waals surface area contributed by atoms with Crippen molar-refractivity contribution >= 4 is 16.9 Å². The second-order valence-electron chi connectivity index (χ2n) is 2.90. The van der Waals surface area contributed by atoms with Gasteiger partial charge in [-0.1, -0.05) is 5.16 Å². The maximum Gasteiger partial charge on any atom is 0.192 e. The topological polar surface area (TPSA) is 84.6 Å². The lowest BCUT2D eigenvalue weighted by Gasteiger charge is -1.96. The third-order valence-electron chi connectivity index (χ3n) is 1.90. The summed E-state index contributed by atoms with van der Waals surface area (Å²) in [5.41, 5.74) is 7.43. The van der Waals surface area contributed by atoms with E-state index in [0.29, 0.717) is 17.0 Å². The average Bonchev–Trinajstić information content (AvgIpc) is 2.55. The Hall–Kier alpha value is -2.04. The third-order valence-corrected chi connectivity index (χ3v) is 1.90. The van der Waals surface area contributed by atoms with E-state index in [1.165, 1.54) is 0 Å². The van der Waals surface area contributed by atoms with Gasteiger partial charge in [-0.15, -0.1) is 0 Å². The van der Waals surface area contributed by atoms with Crippen molar-refractivity contribution in [2.24, 2.45) is 10.9 Å². The Balaban J connectivity index is 2.61. The van der Waals surface area contributed by atoms with Crippen LogP contribution in [0.1, 0.15) is 11.5 Å². The number of rotatable bonds is 1. The number of oxazole rings is 1. The quantitative estimate of drug-likeness (QED) is 0.307. The fraction of sp³-hybridized carbons (Fsp3) is 0.111. The lowest BCUT2D eigenvalue weighted by molar-refractivity contribution is 0.318. The molecule has 72 valence electrons. The van der Waals surface area contributed by atoms with Gasteiger partial charge in [-0.3, -0.25) is 0 Å². The van der Waals surface area contributed by atoms with Crippen molar-refractivity contribution < 1.29 is 9.62 Å². The smallest absolute Gasteiger partial charge is 0.192 e. The van der Waals surface area contributed by atoms with Gasteiger partial charge in [0.2, 0.25) is 0 Å². The predicted octanol–water partition coefficient (Wildman–Crippen LogP) is 1.23. The Bertz CT molecular complexity index is 502. The number of amidine groups is 1. The van der Waals surface area contributed by atoms with Crippen molar-refractivity contribution in [1.29, 1.82) is 0 Å². The molecule has 2 rings (SSSR count). The highest BCUT2D eigenvalue weighted by Crippen LogP contribution is 2.16. The number of aromatic nitrogens is 1. The van der Waals surface area contributed by atoms with Crippen LogP contribution in [0.25, 0.3) is 11.1 Å². The molecule has 0 spiro atoms. The second-order valence-corrected chi connectivity index (χ2v) is 2.90. The summed E-state index contributed by atoms with van der Waals surface area (Å²) in [5, 5.41) is 11.4. The highest BCUT2D eigenvalue weighted by molar-refractivity contribution is 5.99. The van der Waals surface area contributed by atoms with E-state index in [4.69, 9.17) is 15.4 Å². The minimum Gasteiger partial charge on any atom is -0.441 e. The largest absolute Gasteiger partial charge is 0.441 e. The molecule has 0 aliphatic rings. The van der Waals surface area contributed by atoms with Crippen molar-refractivity contribution in [3.05, 3.63) is 29.7 Å². The molecule has 0 saturated heterocycles. The van der Waals surface area contributed by atoms with E-state index in [-0.39, 0.29) is 5.84 Å². The van der Waals surface area contributed by atoms with Crippen LogP contribution in [0.4, 0.5) is 0 Å². The molecule has 0 unspecified atom stereocenters. The zero-order chi connectivity index (χ0) is 10.1. The molecule has 0 fully saturated rings. The fourth-order valence-electron chi connectivity index (χ4n) is 1.26. The molecule has 0 radical (unpaired) electrons. The molecule has 5 heteroatoms. The van der Waals surface area contributed by atoms with Crippen molar-refractivity contribution in [3.63, 3.8) is 0 Å². The lowest BCUT2D eigenvalue weighted by atomic mass is 10.2. The summed E-state index contributed by atoms with van der Waals surface area (Å²) < 4.78 is 5.30. The van der Waals surface area contributed by atoms with E-state index in [9.17, 15) is 0 Å². The number of nitrogens with zero attached hydrogens (tertiary/aromatic N) is 2. The van der Waals surface area contributed by atoms with Crippen LogP contribution in [0.3, 0.4) is 0 Å². The molecular formula is C9H9N3O2. The Morgan fingerprint density at radius 1 is 1.57 bits per heavy atom. The first-order valence-electron chi connectivity index (χ1n) is 4.06. The molecule has 5 nitrogen and oxygen atoms in total. The van der Waals surface area contributed by atoms with E-state index >= 15 is 0 Å². The van der Waals surface area contributed by atoms with Crippen LogP contribution in [0, 0.1) is 6.92 Å². The van der Waals surface area contributed by atoms with Crippen LogP contribution in [-0.4, -0.2) is 16.0 Å². The Kier molecular flexibility index (Phi) is 1.85. The van der Waals surface area contributed by atoms with Crippen molar-refractivity contribution in [2.75, 3.05) is 0 Å². The summed E-state index contributed by atoms with van der Waals surface area (Å²) in [6.07, 6.45) is 0. The molecule has 0 amide bonds. The van der Waals surface area contributed by atoms with Crippen LogP contribution in [-0.2, 0) is 0 Å². The fourth-order valence-corrected chi connectivity index (χ4v) is 1.26. The first kappa shape index (κ1) is 8.55. The Morgan fingerprint density at radius 2 is 2.36 bits per heavy atom. The molecule has 0 aliphatic heterocycles. The number of hydrogen-bond donors (Lipinski definition) is 2. The standard InChI is InChI=1S/C9H9N3O2/c1-5-11-7-3-2-6(9(10)12-13)4-8(7)14-5/h2-4,13H,1H3,(H2,10,12). The number of benzene rings is 1. The SMILES string of the molecule is Cc1nc2ccc(/C(N)=N/O)cc2o1. The van der Waals surface area contributed by atoms with E-state index in [1.54, 1.807) is 25.1 Å². The number of oxime groups is 1. The predicted molar refractivity (Wildman–Crippen MR) is 51.3 cm³/mol. The van der Waals surface area contributed by atoms with Crippen LogP contribution < -0.4 is 5.73 Å². The first-order chi connectivity index (χ1) is 6.70. The summed E-state index contributed by atoms with van der Waals surface area (Å²) in [6.45, 7) is 1.77. The van der Waals surface area contributed by atoms with Crippen LogP contribution in [0.15, 0.2) is 27.8 Å². The monoisotopic (exact) mass is 191 g/mol. The molecule has 0 aliphatic carbocycles. The van der Waals surface area contributed by atoms with Crippen LogP contribution in [0.2, 0.25) is 0 Å². The summed E-state index contributed by atoms with van der Waals surface area (Å²) in [7, 11) is 0. The van der Waals surface area contributed by atoms with Gasteiger partial charge in [0.25, 0.3) is 0 Å². The van der Waals surface area contributed by atoms with E-state index in [1.807, 2.05) is 0 Å².